The number of amides is 1. The maximum absolute atomic E-state index is 13.3. The van der Waals surface area contributed by atoms with Crippen LogP contribution in [0.5, 0.6) is 0 Å². The van der Waals surface area contributed by atoms with Gasteiger partial charge in [0.2, 0.25) is 0 Å². The van der Waals surface area contributed by atoms with Gasteiger partial charge in [0.15, 0.2) is 0 Å². The number of carbonyl (C=O) groups excluding carboxylic acids is 1. The number of pyridine rings is 1. The Bertz CT molecular complexity index is 1390. The van der Waals surface area contributed by atoms with E-state index in [1.807, 2.05) is 97.2 Å². The molecule has 1 N–H and O–H groups in total. The maximum atomic E-state index is 13.3. The quantitative estimate of drug-likeness (QED) is 0.385. The van der Waals surface area contributed by atoms with Crippen molar-refractivity contribution >= 4 is 28.7 Å². The molecule has 1 amide bonds. The molecule has 0 fully saturated rings. The molecule has 0 radical (unpaired) electrons. The Kier molecular flexibility index (Phi) is 4.84. The molecule has 0 aliphatic carbocycles. The zero-order valence-electron chi connectivity index (χ0n) is 17.2. The van der Waals surface area contributed by atoms with Crippen LogP contribution in [0.4, 0.5) is 5.82 Å². The van der Waals surface area contributed by atoms with Crippen LogP contribution in [-0.2, 0) is 0 Å². The van der Waals surface area contributed by atoms with Gasteiger partial charge < -0.3 is 5.32 Å². The van der Waals surface area contributed by atoms with Crippen LogP contribution in [0, 0.1) is 13.8 Å². The van der Waals surface area contributed by atoms with Crippen molar-refractivity contribution in [3.8, 4) is 21.8 Å². The second-order valence-corrected chi connectivity index (χ2v) is 8.31. The van der Waals surface area contributed by atoms with Gasteiger partial charge in [-0.05, 0) is 25.5 Å². The molecule has 31 heavy (non-hydrogen) atoms. The van der Waals surface area contributed by atoms with E-state index in [1.165, 1.54) is 11.3 Å². The summed E-state index contributed by atoms with van der Waals surface area (Å²) in [6.45, 7) is 3.89. The fraction of sp³-hybridized carbons (Fsp3) is 0.0800. The molecule has 5 aromatic rings. The molecule has 0 bridgehead atoms. The van der Waals surface area contributed by atoms with Gasteiger partial charge in [0, 0.05) is 17.3 Å². The average molecular weight is 425 g/mol. The van der Waals surface area contributed by atoms with Crippen molar-refractivity contribution in [2.45, 2.75) is 13.8 Å². The number of rotatable bonds is 4. The minimum atomic E-state index is -0.183. The summed E-state index contributed by atoms with van der Waals surface area (Å²) in [5.74, 6) is 0.474. The number of thiazole rings is 1. The highest BCUT2D eigenvalue weighted by atomic mass is 32.1. The van der Waals surface area contributed by atoms with E-state index >= 15 is 0 Å². The van der Waals surface area contributed by atoms with Gasteiger partial charge >= 0.3 is 0 Å². The fourth-order valence-corrected chi connectivity index (χ4v) is 4.56. The largest absolute Gasteiger partial charge is 0.305 e. The van der Waals surface area contributed by atoms with Crippen LogP contribution in [0.2, 0.25) is 0 Å². The number of nitrogens with zero attached hydrogens (tertiary/aromatic N) is 3. The summed E-state index contributed by atoms with van der Waals surface area (Å²) in [5, 5.41) is 3.95. The van der Waals surface area contributed by atoms with E-state index in [9.17, 15) is 4.79 Å². The average Bonchev–Trinajstić information content (AvgIpc) is 3.37. The lowest BCUT2D eigenvalue weighted by molar-refractivity contribution is 0.102. The van der Waals surface area contributed by atoms with Gasteiger partial charge in [0.05, 0.1) is 5.69 Å². The lowest BCUT2D eigenvalue weighted by Gasteiger charge is -2.07. The second kappa shape index (κ2) is 7.81. The van der Waals surface area contributed by atoms with E-state index in [0.717, 1.165) is 33.0 Å². The van der Waals surface area contributed by atoms with Gasteiger partial charge in [-0.15, -0.1) is 11.3 Å². The van der Waals surface area contributed by atoms with Crippen molar-refractivity contribution in [1.29, 1.82) is 0 Å². The number of carbonyl (C=O) groups is 1. The number of anilines is 1. The van der Waals surface area contributed by atoms with Crippen LogP contribution >= 0.6 is 11.3 Å². The van der Waals surface area contributed by atoms with Crippen LogP contribution in [0.3, 0.4) is 0 Å². The van der Waals surface area contributed by atoms with Crippen LogP contribution < -0.4 is 5.32 Å². The number of hydrogen-bond acceptors (Lipinski definition) is 4. The monoisotopic (exact) mass is 424 g/mol. The Labute approximate surface area is 184 Å². The smallest absolute Gasteiger partial charge is 0.268 e. The Morgan fingerprint density at radius 3 is 2.26 bits per heavy atom. The first-order valence-corrected chi connectivity index (χ1v) is 10.8. The molecule has 0 atom stereocenters. The number of nitrogens with one attached hydrogen (secondary N) is 1. The first-order valence-electron chi connectivity index (χ1n) is 9.99. The molecule has 0 saturated carbocycles. The van der Waals surface area contributed by atoms with Gasteiger partial charge in [0.25, 0.3) is 5.91 Å². The molecule has 0 aliphatic rings. The highest BCUT2D eigenvalue weighted by Gasteiger charge is 2.21. The van der Waals surface area contributed by atoms with E-state index in [4.69, 9.17) is 4.98 Å². The van der Waals surface area contributed by atoms with Crippen molar-refractivity contribution in [2.75, 3.05) is 5.32 Å². The van der Waals surface area contributed by atoms with E-state index in [2.05, 4.69) is 10.3 Å². The second-order valence-electron chi connectivity index (χ2n) is 7.31. The highest BCUT2D eigenvalue weighted by molar-refractivity contribution is 7.17. The zero-order valence-corrected chi connectivity index (χ0v) is 18.0. The summed E-state index contributed by atoms with van der Waals surface area (Å²) in [6, 6.07) is 23.8. The molecule has 5 rings (SSSR count). The number of fused-ring (bicyclic) bond motifs is 1. The molecule has 0 spiro atoms. The lowest BCUT2D eigenvalue weighted by Crippen LogP contribution is -2.14. The van der Waals surface area contributed by atoms with E-state index < -0.39 is 0 Å². The summed E-state index contributed by atoms with van der Waals surface area (Å²) in [5.41, 5.74) is 5.28. The summed E-state index contributed by atoms with van der Waals surface area (Å²) in [6.07, 6.45) is 1.92. The summed E-state index contributed by atoms with van der Waals surface area (Å²) >= 11 is 1.40. The Hall–Kier alpha value is -3.77. The molecule has 0 unspecified atom stereocenters. The van der Waals surface area contributed by atoms with Crippen molar-refractivity contribution in [3.63, 3.8) is 0 Å². The van der Waals surface area contributed by atoms with E-state index in [1.54, 1.807) is 0 Å². The summed E-state index contributed by atoms with van der Waals surface area (Å²) < 4.78 is 1.93. The third-order valence-corrected chi connectivity index (χ3v) is 6.35. The standard InChI is InChI=1S/C25H20N4OS/c1-16-10-9-15-29-22(16)27-20(18-11-5-3-6-12-18)23(29)28-24(30)21-17(2)26-25(31-21)19-13-7-4-8-14-19/h3-15H,1-2H3,(H,28,30). The molecule has 0 saturated heterocycles. The van der Waals surface area contributed by atoms with Crippen LogP contribution in [0.25, 0.3) is 27.5 Å². The molecule has 2 aromatic carbocycles. The molecule has 3 aromatic heterocycles. The maximum Gasteiger partial charge on any atom is 0.268 e. The molecule has 0 aliphatic heterocycles. The Morgan fingerprint density at radius 1 is 0.871 bits per heavy atom. The first kappa shape index (κ1) is 19.2. The van der Waals surface area contributed by atoms with Crippen LogP contribution in [-0.4, -0.2) is 20.3 Å². The zero-order chi connectivity index (χ0) is 21.4. The summed E-state index contributed by atoms with van der Waals surface area (Å²) in [4.78, 5) is 23.4. The van der Waals surface area contributed by atoms with Crippen LogP contribution in [0.15, 0.2) is 79.0 Å². The first-order chi connectivity index (χ1) is 15.1. The predicted octanol–water partition coefficient (Wildman–Crippen LogP) is 5.99. The third kappa shape index (κ3) is 3.51. The summed E-state index contributed by atoms with van der Waals surface area (Å²) in [7, 11) is 0. The predicted molar refractivity (Wildman–Crippen MR) is 126 cm³/mol. The number of imidazole rings is 1. The normalized spacial score (nSPS) is 11.0. The van der Waals surface area contributed by atoms with Crippen LogP contribution in [0.1, 0.15) is 20.9 Å². The molecular formula is C25H20N4OS. The number of benzene rings is 2. The Balaban J connectivity index is 1.57. The fourth-order valence-electron chi connectivity index (χ4n) is 3.60. The van der Waals surface area contributed by atoms with Crippen molar-refractivity contribution < 1.29 is 4.79 Å². The molecular weight excluding hydrogens is 404 g/mol. The van der Waals surface area contributed by atoms with Gasteiger partial charge in [-0.2, -0.15) is 0 Å². The van der Waals surface area contributed by atoms with Gasteiger partial charge in [0.1, 0.15) is 27.0 Å². The molecule has 6 heteroatoms. The minimum Gasteiger partial charge on any atom is -0.305 e. The van der Waals surface area contributed by atoms with E-state index in [0.29, 0.717) is 16.4 Å². The molecule has 3 heterocycles. The number of aryl methyl sites for hydroxylation is 2. The molecule has 152 valence electrons. The third-order valence-electron chi connectivity index (χ3n) is 5.15. The van der Waals surface area contributed by atoms with Crippen molar-refractivity contribution in [2.24, 2.45) is 0 Å². The topological polar surface area (TPSA) is 59.3 Å². The molecule has 5 nitrogen and oxygen atoms in total. The Morgan fingerprint density at radius 2 is 1.55 bits per heavy atom. The number of aromatic nitrogens is 3. The lowest BCUT2D eigenvalue weighted by atomic mass is 10.1. The van der Waals surface area contributed by atoms with Crippen molar-refractivity contribution in [3.05, 3.63) is 95.1 Å². The van der Waals surface area contributed by atoms with E-state index in [-0.39, 0.29) is 5.91 Å². The number of hydrogen-bond donors (Lipinski definition) is 1. The van der Waals surface area contributed by atoms with Crippen molar-refractivity contribution in [1.82, 2.24) is 14.4 Å². The minimum absolute atomic E-state index is 0.183. The highest BCUT2D eigenvalue weighted by Crippen LogP contribution is 2.32. The van der Waals surface area contributed by atoms with Gasteiger partial charge in [-0.3, -0.25) is 9.20 Å². The van der Waals surface area contributed by atoms with Gasteiger partial charge in [-0.1, -0.05) is 66.7 Å². The van der Waals surface area contributed by atoms with Gasteiger partial charge in [-0.25, -0.2) is 9.97 Å². The SMILES string of the molecule is Cc1nc(-c2ccccc2)sc1C(=O)Nc1c(-c2ccccc2)nc2c(C)cccn12.